The van der Waals surface area contributed by atoms with Crippen molar-refractivity contribution >= 4 is 52.8 Å². The van der Waals surface area contributed by atoms with Crippen LogP contribution in [0.3, 0.4) is 0 Å². The lowest BCUT2D eigenvalue weighted by atomic mass is 10.2. The number of hydrogen-bond acceptors (Lipinski definition) is 6. The highest BCUT2D eigenvalue weighted by Gasteiger charge is 2.26. The molecule has 0 aromatic heterocycles. The van der Waals surface area contributed by atoms with Crippen molar-refractivity contribution < 1.29 is 28.6 Å². The molecule has 1 rings (SSSR count). The van der Waals surface area contributed by atoms with E-state index in [2.05, 4.69) is 0 Å². The Bertz CT molecular complexity index is 685. The van der Waals surface area contributed by atoms with Gasteiger partial charge in [0.2, 0.25) is 3.79 Å². The smallest absolute Gasteiger partial charge is 0.410 e. The fourth-order valence-electron chi connectivity index (χ4n) is 1.96. The molecular formula is C19H24Cl3NO6. The number of rotatable bonds is 8. The Morgan fingerprint density at radius 3 is 2.14 bits per heavy atom. The maximum atomic E-state index is 12.4. The van der Waals surface area contributed by atoms with E-state index in [9.17, 15) is 14.4 Å². The molecule has 7 nitrogen and oxygen atoms in total. The van der Waals surface area contributed by atoms with Gasteiger partial charge in [0.15, 0.2) is 0 Å². The Morgan fingerprint density at radius 1 is 0.966 bits per heavy atom. The zero-order valence-corrected chi connectivity index (χ0v) is 18.7. The number of benzene rings is 1. The Hall–Kier alpha value is -1.70. The van der Waals surface area contributed by atoms with Crippen LogP contribution in [0, 0.1) is 0 Å². The van der Waals surface area contributed by atoms with Gasteiger partial charge in [0.1, 0.15) is 25.4 Å². The summed E-state index contributed by atoms with van der Waals surface area (Å²) in [7, 11) is 0. The first-order valence-corrected chi connectivity index (χ1v) is 9.89. The van der Waals surface area contributed by atoms with Crippen LogP contribution in [0.25, 0.3) is 0 Å². The molecule has 0 radical (unpaired) electrons. The highest BCUT2D eigenvalue weighted by molar-refractivity contribution is 6.67. The molecule has 0 fully saturated rings. The lowest BCUT2D eigenvalue weighted by molar-refractivity contribution is -0.148. The standard InChI is InChI=1S/C19H24Cl3NO6/c1-18(2,3)29-17(26)23(10-9-15(24)28-13-19(20,21)22)11-16(25)27-12-14-7-5-4-6-8-14/h4-8H,9-13H2,1-3H3. The van der Waals surface area contributed by atoms with Crippen molar-refractivity contribution in [3.63, 3.8) is 0 Å². The lowest BCUT2D eigenvalue weighted by Crippen LogP contribution is -2.41. The minimum absolute atomic E-state index is 0.0626. The van der Waals surface area contributed by atoms with Crippen molar-refractivity contribution in [1.29, 1.82) is 0 Å². The van der Waals surface area contributed by atoms with Crippen molar-refractivity contribution in [2.45, 2.75) is 43.2 Å². The van der Waals surface area contributed by atoms with Crippen LogP contribution in [0.15, 0.2) is 30.3 Å². The fraction of sp³-hybridized carbons (Fsp3) is 0.526. The van der Waals surface area contributed by atoms with Gasteiger partial charge in [-0.15, -0.1) is 0 Å². The number of amides is 1. The van der Waals surface area contributed by atoms with Crippen LogP contribution >= 0.6 is 34.8 Å². The Balaban J connectivity index is 2.63. The van der Waals surface area contributed by atoms with Crippen LogP contribution in [0.5, 0.6) is 0 Å². The van der Waals surface area contributed by atoms with Crippen LogP contribution in [-0.2, 0) is 30.4 Å². The molecule has 1 amide bonds. The molecule has 0 aliphatic heterocycles. The van der Waals surface area contributed by atoms with Gasteiger partial charge in [-0.1, -0.05) is 65.1 Å². The number of alkyl halides is 3. The normalized spacial score (nSPS) is 11.5. The topological polar surface area (TPSA) is 82.1 Å². The van der Waals surface area contributed by atoms with Crippen LogP contribution < -0.4 is 0 Å². The number of carbonyl (C=O) groups excluding carboxylic acids is 3. The summed E-state index contributed by atoms with van der Waals surface area (Å²) in [5, 5.41) is 0. The Morgan fingerprint density at radius 2 is 1.59 bits per heavy atom. The van der Waals surface area contributed by atoms with E-state index in [0.717, 1.165) is 10.5 Å². The predicted molar refractivity (Wildman–Crippen MR) is 110 cm³/mol. The molecule has 0 saturated heterocycles. The molecule has 29 heavy (non-hydrogen) atoms. The molecule has 0 heterocycles. The molecule has 1 aromatic rings. The number of carbonyl (C=O) groups is 3. The van der Waals surface area contributed by atoms with E-state index in [1.54, 1.807) is 32.9 Å². The monoisotopic (exact) mass is 467 g/mol. The minimum Gasteiger partial charge on any atom is -0.461 e. The predicted octanol–water partition coefficient (Wildman–Crippen LogP) is 4.27. The van der Waals surface area contributed by atoms with E-state index < -0.39 is 34.0 Å². The van der Waals surface area contributed by atoms with E-state index in [1.165, 1.54) is 0 Å². The van der Waals surface area contributed by atoms with E-state index >= 15 is 0 Å². The second-order valence-corrected chi connectivity index (χ2v) is 9.59. The maximum absolute atomic E-state index is 12.4. The SMILES string of the molecule is CC(C)(C)OC(=O)N(CCC(=O)OCC(Cl)(Cl)Cl)CC(=O)OCc1ccccc1. The zero-order chi connectivity index (χ0) is 22.1. The van der Waals surface area contributed by atoms with Gasteiger partial charge in [-0.3, -0.25) is 14.5 Å². The number of halogens is 3. The van der Waals surface area contributed by atoms with Gasteiger partial charge < -0.3 is 14.2 Å². The second kappa shape index (κ2) is 11.5. The summed E-state index contributed by atoms with van der Waals surface area (Å²) in [4.78, 5) is 37.4. The highest BCUT2D eigenvalue weighted by atomic mass is 35.6. The van der Waals surface area contributed by atoms with Gasteiger partial charge in [0, 0.05) is 6.54 Å². The summed E-state index contributed by atoms with van der Waals surface area (Å²) in [6, 6.07) is 9.09. The second-order valence-electron chi connectivity index (χ2n) is 7.07. The average molecular weight is 469 g/mol. The number of hydrogen-bond donors (Lipinski definition) is 0. The Labute approximate surface area is 185 Å². The van der Waals surface area contributed by atoms with Crippen molar-refractivity contribution in [3.8, 4) is 0 Å². The Kier molecular flexibility index (Phi) is 10.0. The van der Waals surface area contributed by atoms with Gasteiger partial charge in [-0.2, -0.15) is 0 Å². The number of esters is 2. The molecular weight excluding hydrogens is 445 g/mol. The van der Waals surface area contributed by atoms with Crippen LogP contribution in [-0.4, -0.2) is 52.0 Å². The van der Waals surface area contributed by atoms with Crippen LogP contribution in [0.1, 0.15) is 32.8 Å². The largest absolute Gasteiger partial charge is 0.461 e. The summed E-state index contributed by atoms with van der Waals surface area (Å²) in [6.45, 7) is 4.17. The first-order chi connectivity index (χ1) is 13.4. The first kappa shape index (κ1) is 25.3. The summed E-state index contributed by atoms with van der Waals surface area (Å²) >= 11 is 16.6. The molecule has 0 atom stereocenters. The highest BCUT2D eigenvalue weighted by Crippen LogP contribution is 2.26. The molecule has 0 spiro atoms. The van der Waals surface area contributed by atoms with Gasteiger partial charge in [-0.05, 0) is 26.3 Å². The van der Waals surface area contributed by atoms with Crippen LogP contribution in [0.2, 0.25) is 0 Å². The number of ether oxygens (including phenoxy) is 3. The van der Waals surface area contributed by atoms with Gasteiger partial charge in [-0.25, -0.2) is 4.79 Å². The van der Waals surface area contributed by atoms with E-state index in [0.29, 0.717) is 0 Å². The molecule has 0 aliphatic carbocycles. The average Bonchev–Trinajstić information content (AvgIpc) is 2.60. The zero-order valence-electron chi connectivity index (χ0n) is 16.5. The molecule has 162 valence electrons. The van der Waals surface area contributed by atoms with Crippen molar-refractivity contribution in [2.24, 2.45) is 0 Å². The van der Waals surface area contributed by atoms with E-state index in [1.807, 2.05) is 18.2 Å². The van der Waals surface area contributed by atoms with E-state index in [-0.39, 0.29) is 26.1 Å². The van der Waals surface area contributed by atoms with Crippen molar-refractivity contribution in [3.05, 3.63) is 35.9 Å². The third-order valence-electron chi connectivity index (χ3n) is 3.20. The van der Waals surface area contributed by atoms with Gasteiger partial charge in [0.25, 0.3) is 0 Å². The van der Waals surface area contributed by atoms with Crippen molar-refractivity contribution in [2.75, 3.05) is 19.7 Å². The van der Waals surface area contributed by atoms with Gasteiger partial charge >= 0.3 is 18.0 Å². The molecule has 0 saturated carbocycles. The molecule has 0 N–H and O–H groups in total. The van der Waals surface area contributed by atoms with E-state index in [4.69, 9.17) is 49.0 Å². The third-order valence-corrected chi connectivity index (χ3v) is 3.52. The number of nitrogens with zero attached hydrogens (tertiary/aromatic N) is 1. The molecule has 0 unspecified atom stereocenters. The quantitative estimate of drug-likeness (QED) is 0.322. The molecule has 0 bridgehead atoms. The minimum atomic E-state index is -1.73. The fourth-order valence-corrected chi connectivity index (χ4v) is 2.13. The summed E-state index contributed by atoms with van der Waals surface area (Å²) < 4.78 is 13.5. The van der Waals surface area contributed by atoms with Crippen molar-refractivity contribution in [1.82, 2.24) is 4.90 Å². The first-order valence-electron chi connectivity index (χ1n) is 8.75. The van der Waals surface area contributed by atoms with Crippen LogP contribution in [0.4, 0.5) is 4.79 Å². The summed E-state index contributed by atoms with van der Waals surface area (Å²) in [5.74, 6) is -1.34. The maximum Gasteiger partial charge on any atom is 0.410 e. The molecule has 0 aliphatic rings. The van der Waals surface area contributed by atoms with Gasteiger partial charge in [0.05, 0.1) is 6.42 Å². The lowest BCUT2D eigenvalue weighted by Gasteiger charge is -2.26. The molecule has 1 aromatic carbocycles. The molecule has 10 heteroatoms. The summed E-state index contributed by atoms with van der Waals surface area (Å²) in [6.07, 6.45) is -0.977. The summed E-state index contributed by atoms with van der Waals surface area (Å²) in [5.41, 5.74) is 0.0270. The third kappa shape index (κ3) is 12.5.